The number of carbonyl (C=O) groups is 3. The molecule has 0 aromatic heterocycles. The number of rotatable bonds is 7. The Morgan fingerprint density at radius 2 is 1.69 bits per heavy atom. The molecule has 16 heteroatoms. The predicted molar refractivity (Wildman–Crippen MR) is 141 cm³/mol. The van der Waals surface area contributed by atoms with Gasteiger partial charge >= 0.3 is 33.3 Å². The number of fused-ring (bicyclic) bond motifs is 1. The Kier molecular flexibility index (Phi) is 7.20. The Morgan fingerprint density at radius 3 is 2.33 bits per heavy atom. The van der Waals surface area contributed by atoms with Crippen LogP contribution in [0.25, 0.3) is 0 Å². The summed E-state index contributed by atoms with van der Waals surface area (Å²) in [6.07, 6.45) is -2.53. The number of esters is 3. The van der Waals surface area contributed by atoms with Gasteiger partial charge in [-0.3, -0.25) is 14.1 Å². The van der Waals surface area contributed by atoms with Gasteiger partial charge in [-0.05, 0) is 88.0 Å². The fourth-order valence-corrected chi connectivity index (χ4v) is 6.51. The van der Waals surface area contributed by atoms with Gasteiger partial charge < -0.3 is 24.1 Å². The Hall–Kier alpha value is -2.32. The lowest BCUT2D eigenvalue weighted by molar-refractivity contribution is -0.178. The second kappa shape index (κ2) is 9.95. The van der Waals surface area contributed by atoms with E-state index in [0.29, 0.717) is 18.6 Å². The van der Waals surface area contributed by atoms with Crippen LogP contribution in [0.4, 0.5) is 8.78 Å². The fraction of sp³-hybridized carbons (Fsp3) is 0.348. The highest BCUT2D eigenvalue weighted by molar-refractivity contribution is 14.1. The number of halogens is 4. The molecule has 6 unspecified atom stereocenters. The lowest BCUT2D eigenvalue weighted by Crippen LogP contribution is -2.48. The monoisotopic (exact) mass is 792 g/mol. The molecule has 2 saturated carbocycles. The summed E-state index contributed by atoms with van der Waals surface area (Å²) >= 11 is 3.95. The first kappa shape index (κ1) is 28.2. The highest BCUT2D eigenvalue weighted by atomic mass is 127. The number of phenolic OH excluding ortho intramolecular Hbond substituents is 1. The van der Waals surface area contributed by atoms with Crippen molar-refractivity contribution in [3.63, 3.8) is 0 Å². The van der Waals surface area contributed by atoms with Crippen molar-refractivity contribution in [3.05, 3.63) is 43.5 Å². The third-order valence-electron chi connectivity index (χ3n) is 6.89. The van der Waals surface area contributed by atoms with Crippen LogP contribution in [0.15, 0.2) is 36.4 Å². The molecule has 208 valence electrons. The molecule has 0 amide bonds. The number of benzene rings is 2. The molecule has 2 aliphatic carbocycles. The third kappa shape index (κ3) is 4.92. The van der Waals surface area contributed by atoms with Crippen LogP contribution in [0.5, 0.6) is 23.0 Å². The quantitative estimate of drug-likeness (QED) is 0.183. The zero-order chi connectivity index (χ0) is 28.4. The van der Waals surface area contributed by atoms with E-state index in [1.165, 1.54) is 30.3 Å². The smallest absolute Gasteiger partial charge is 0.465 e. The Morgan fingerprint density at radius 1 is 1.05 bits per heavy atom. The van der Waals surface area contributed by atoms with Crippen molar-refractivity contribution in [1.29, 1.82) is 0 Å². The lowest BCUT2D eigenvalue weighted by atomic mass is 9.78. The van der Waals surface area contributed by atoms with Gasteiger partial charge in [-0.1, -0.05) is 0 Å². The molecule has 1 saturated heterocycles. The molecule has 5 rings (SSSR count). The molecule has 2 aromatic carbocycles. The number of hydrogen-bond donors (Lipinski definition) is 2. The Bertz CT molecular complexity index is 1480. The van der Waals surface area contributed by atoms with E-state index in [-0.39, 0.29) is 17.9 Å². The first-order valence-electron chi connectivity index (χ1n) is 11.1. The topological polar surface area (TPSA) is 163 Å². The summed E-state index contributed by atoms with van der Waals surface area (Å²) in [5, 5.41) is 4.54. The van der Waals surface area contributed by atoms with Crippen molar-refractivity contribution in [3.8, 4) is 23.0 Å². The minimum Gasteiger partial charge on any atom is -0.507 e. The molecule has 39 heavy (non-hydrogen) atoms. The molecule has 0 spiro atoms. The van der Waals surface area contributed by atoms with E-state index in [1.807, 2.05) is 45.2 Å². The van der Waals surface area contributed by atoms with E-state index in [1.54, 1.807) is 6.07 Å². The second-order valence-corrected chi connectivity index (χ2v) is 12.9. The highest BCUT2D eigenvalue weighted by Crippen LogP contribution is 2.59. The fourth-order valence-electron chi connectivity index (χ4n) is 5.25. The third-order valence-corrected chi connectivity index (χ3v) is 9.42. The van der Waals surface area contributed by atoms with Crippen molar-refractivity contribution in [2.45, 2.75) is 23.9 Å². The number of hydrogen-bond acceptors (Lipinski definition) is 10. The van der Waals surface area contributed by atoms with Crippen molar-refractivity contribution in [2.75, 3.05) is 0 Å². The van der Waals surface area contributed by atoms with Gasteiger partial charge in [0.1, 0.15) is 35.2 Å². The zero-order valence-corrected chi connectivity index (χ0v) is 24.3. The molecule has 2 N–H and O–H groups in total. The summed E-state index contributed by atoms with van der Waals surface area (Å²) in [7, 11) is -6.11. The SMILES string of the molecule is O=C1OC2C3CC(C2OC(=O)C(F)(F)S(=O)(=O)O)C(C(=O)Oc2ccc(Oc4cc(I)c(O)cc4I)cc2)C13. The number of phenols is 1. The van der Waals surface area contributed by atoms with Crippen molar-refractivity contribution >= 4 is 73.2 Å². The summed E-state index contributed by atoms with van der Waals surface area (Å²) in [5.74, 6) is -6.85. The van der Waals surface area contributed by atoms with Gasteiger partial charge in [0.15, 0.2) is 0 Å². The van der Waals surface area contributed by atoms with E-state index in [2.05, 4.69) is 0 Å². The number of alkyl halides is 2. The molecule has 2 bridgehead atoms. The maximum Gasteiger partial charge on any atom is 0.465 e. The number of carbonyl (C=O) groups excluding carboxylic acids is 3. The number of ether oxygens (including phenoxy) is 4. The average molecular weight is 792 g/mol. The van der Waals surface area contributed by atoms with E-state index < -0.39 is 69.2 Å². The van der Waals surface area contributed by atoms with E-state index in [4.69, 9.17) is 23.5 Å². The second-order valence-electron chi connectivity index (χ2n) is 9.11. The molecule has 1 heterocycles. The molecule has 0 radical (unpaired) electrons. The Labute approximate surface area is 246 Å². The van der Waals surface area contributed by atoms with Crippen LogP contribution >= 0.6 is 45.2 Å². The van der Waals surface area contributed by atoms with Crippen molar-refractivity contribution in [2.24, 2.45) is 23.7 Å². The summed E-state index contributed by atoms with van der Waals surface area (Å²) < 4.78 is 80.4. The van der Waals surface area contributed by atoms with Gasteiger partial charge in [0, 0.05) is 11.8 Å². The molecule has 3 fully saturated rings. The Balaban J connectivity index is 1.30. The largest absolute Gasteiger partial charge is 0.507 e. The first-order chi connectivity index (χ1) is 18.2. The van der Waals surface area contributed by atoms with Crippen LogP contribution in [0, 0.1) is 30.8 Å². The van der Waals surface area contributed by atoms with Crippen LogP contribution in [0.2, 0.25) is 0 Å². The molecular formula is C23H16F2I2O11S. The molecule has 2 aromatic rings. The maximum absolute atomic E-state index is 13.8. The maximum atomic E-state index is 13.8. The summed E-state index contributed by atoms with van der Waals surface area (Å²) in [5.41, 5.74) is 0. The number of aromatic hydroxyl groups is 1. The van der Waals surface area contributed by atoms with E-state index in [0.717, 1.165) is 0 Å². The van der Waals surface area contributed by atoms with Gasteiger partial charge in [-0.15, -0.1) is 0 Å². The highest BCUT2D eigenvalue weighted by Gasteiger charge is 2.71. The van der Waals surface area contributed by atoms with Gasteiger partial charge in [0.2, 0.25) is 0 Å². The molecular weight excluding hydrogens is 776 g/mol. The molecule has 1 aliphatic heterocycles. The predicted octanol–water partition coefficient (Wildman–Crippen LogP) is 3.50. The van der Waals surface area contributed by atoms with Crippen LogP contribution in [0.3, 0.4) is 0 Å². The van der Waals surface area contributed by atoms with E-state index >= 15 is 0 Å². The van der Waals surface area contributed by atoms with Gasteiger partial charge in [0.05, 0.1) is 19.0 Å². The first-order valence-corrected chi connectivity index (χ1v) is 14.7. The normalized spacial score (nSPS) is 27.3. The van der Waals surface area contributed by atoms with Crippen molar-refractivity contribution in [1.82, 2.24) is 0 Å². The minimum absolute atomic E-state index is 0.0828. The van der Waals surface area contributed by atoms with Crippen LogP contribution < -0.4 is 9.47 Å². The average Bonchev–Trinajstić information content (AvgIpc) is 3.47. The summed E-state index contributed by atoms with van der Waals surface area (Å²) in [4.78, 5) is 37.4. The molecule has 11 nitrogen and oxygen atoms in total. The van der Waals surface area contributed by atoms with Gasteiger partial charge in [0.25, 0.3) is 0 Å². The zero-order valence-electron chi connectivity index (χ0n) is 19.1. The lowest BCUT2D eigenvalue weighted by Gasteiger charge is -2.30. The van der Waals surface area contributed by atoms with E-state index in [9.17, 15) is 36.7 Å². The van der Waals surface area contributed by atoms with Crippen LogP contribution in [-0.2, 0) is 34.0 Å². The van der Waals surface area contributed by atoms with Crippen molar-refractivity contribution < 1.29 is 60.2 Å². The molecule has 6 atom stereocenters. The van der Waals surface area contributed by atoms with Crippen LogP contribution in [-0.4, -0.2) is 53.4 Å². The van der Waals surface area contributed by atoms with Crippen LogP contribution in [0.1, 0.15) is 6.42 Å². The standard InChI is InChI=1S/C23H16F2I2O11S/c24-23(25,39(32,33)34)22(31)38-19-11-5-10-17(21(30)37-18(10)19)16(11)20(29)36-9-3-1-8(2-4-9)35-15-7-12(26)14(28)6-13(15)27/h1-4,6-7,10-11,16-19,28H,5H2,(H,32,33,34). The summed E-state index contributed by atoms with van der Waals surface area (Å²) in [6.45, 7) is 0. The summed E-state index contributed by atoms with van der Waals surface area (Å²) in [6, 6.07) is 9.07. The van der Waals surface area contributed by atoms with Gasteiger partial charge in [-0.2, -0.15) is 17.2 Å². The van der Waals surface area contributed by atoms with Gasteiger partial charge in [-0.25, -0.2) is 4.79 Å². The minimum atomic E-state index is -6.11. The molecule has 3 aliphatic rings.